The van der Waals surface area contributed by atoms with E-state index in [4.69, 9.17) is 26.8 Å². The van der Waals surface area contributed by atoms with E-state index < -0.39 is 0 Å². The average Bonchev–Trinajstić information content (AvgIpc) is 2.89. The number of rotatable bonds is 5. The first-order valence-corrected chi connectivity index (χ1v) is 7.79. The van der Waals surface area contributed by atoms with E-state index in [0.717, 1.165) is 43.4 Å². The minimum absolute atomic E-state index is 0.0253. The molecule has 0 amide bonds. The number of benzene rings is 1. The Morgan fingerprint density at radius 1 is 1.30 bits per heavy atom. The molecule has 4 heteroatoms. The molecule has 3 nitrogen and oxygen atoms in total. The van der Waals surface area contributed by atoms with Gasteiger partial charge in [0, 0.05) is 5.54 Å². The Morgan fingerprint density at radius 2 is 2.00 bits per heavy atom. The molecule has 2 aliphatic carbocycles. The summed E-state index contributed by atoms with van der Waals surface area (Å²) in [6.07, 6.45) is 8.06. The minimum atomic E-state index is -0.0253. The van der Waals surface area contributed by atoms with Gasteiger partial charge in [0.1, 0.15) is 0 Å². The first-order valence-electron chi connectivity index (χ1n) is 7.42. The van der Waals surface area contributed by atoms with E-state index in [-0.39, 0.29) is 5.54 Å². The maximum Gasteiger partial charge on any atom is 0.179 e. The third-order valence-corrected chi connectivity index (χ3v) is 4.60. The Bertz CT molecular complexity index is 493. The van der Waals surface area contributed by atoms with Crippen LogP contribution in [0.2, 0.25) is 5.02 Å². The monoisotopic (exact) mass is 295 g/mol. The van der Waals surface area contributed by atoms with Crippen LogP contribution in [0.15, 0.2) is 12.1 Å². The molecule has 0 saturated heterocycles. The summed E-state index contributed by atoms with van der Waals surface area (Å²) in [4.78, 5) is 0. The van der Waals surface area contributed by atoms with Crippen LogP contribution in [0, 0.1) is 0 Å². The van der Waals surface area contributed by atoms with Crippen LogP contribution in [0.25, 0.3) is 0 Å². The first kappa shape index (κ1) is 14.0. The van der Waals surface area contributed by atoms with Crippen LogP contribution in [0.5, 0.6) is 11.5 Å². The standard InChI is InChI=1S/C16H22ClNO2/c1-19-15-13(17)8-11(10-16(18)6-7-16)9-14(15)20-12-4-2-3-5-12/h8-9,12H,2-7,10,18H2,1H3. The second-order valence-corrected chi connectivity index (χ2v) is 6.58. The van der Waals surface area contributed by atoms with E-state index in [9.17, 15) is 0 Å². The van der Waals surface area contributed by atoms with Gasteiger partial charge in [-0.3, -0.25) is 0 Å². The molecule has 3 rings (SSSR count). The molecular formula is C16H22ClNO2. The number of methoxy groups -OCH3 is 1. The van der Waals surface area contributed by atoms with Crippen LogP contribution in [0.3, 0.4) is 0 Å². The van der Waals surface area contributed by atoms with Gasteiger partial charge in [-0.05, 0) is 62.6 Å². The van der Waals surface area contributed by atoms with Gasteiger partial charge in [-0.15, -0.1) is 0 Å². The summed E-state index contributed by atoms with van der Waals surface area (Å²) in [6, 6.07) is 4.00. The van der Waals surface area contributed by atoms with E-state index >= 15 is 0 Å². The van der Waals surface area contributed by atoms with Crippen LogP contribution in [-0.4, -0.2) is 18.8 Å². The highest BCUT2D eigenvalue weighted by Gasteiger charge is 2.38. The molecule has 1 aromatic rings. The fraction of sp³-hybridized carbons (Fsp3) is 0.625. The lowest BCUT2D eigenvalue weighted by Gasteiger charge is -2.19. The van der Waals surface area contributed by atoms with Gasteiger partial charge in [0.05, 0.1) is 18.2 Å². The summed E-state index contributed by atoms with van der Waals surface area (Å²) in [6.45, 7) is 0. The van der Waals surface area contributed by atoms with E-state index in [1.165, 1.54) is 12.8 Å². The van der Waals surface area contributed by atoms with Gasteiger partial charge >= 0.3 is 0 Å². The van der Waals surface area contributed by atoms with Crippen molar-refractivity contribution in [2.24, 2.45) is 5.73 Å². The number of nitrogens with two attached hydrogens (primary N) is 1. The Hall–Kier alpha value is -0.930. The minimum Gasteiger partial charge on any atom is -0.491 e. The molecule has 20 heavy (non-hydrogen) atoms. The fourth-order valence-corrected chi connectivity index (χ4v) is 3.25. The average molecular weight is 296 g/mol. The highest BCUT2D eigenvalue weighted by atomic mass is 35.5. The van der Waals surface area contributed by atoms with Crippen molar-refractivity contribution in [3.63, 3.8) is 0 Å². The molecule has 0 unspecified atom stereocenters. The largest absolute Gasteiger partial charge is 0.491 e. The van der Waals surface area contributed by atoms with Gasteiger partial charge in [0.25, 0.3) is 0 Å². The Labute approximate surface area is 125 Å². The summed E-state index contributed by atoms with van der Waals surface area (Å²) in [7, 11) is 1.63. The van der Waals surface area contributed by atoms with Crippen LogP contribution < -0.4 is 15.2 Å². The van der Waals surface area contributed by atoms with Gasteiger partial charge in [-0.1, -0.05) is 11.6 Å². The quantitative estimate of drug-likeness (QED) is 0.901. The van der Waals surface area contributed by atoms with Crippen molar-refractivity contribution in [1.82, 2.24) is 0 Å². The molecule has 0 aromatic heterocycles. The van der Waals surface area contributed by atoms with Gasteiger partial charge in [-0.25, -0.2) is 0 Å². The van der Waals surface area contributed by atoms with Crippen molar-refractivity contribution in [1.29, 1.82) is 0 Å². The maximum atomic E-state index is 6.32. The van der Waals surface area contributed by atoms with E-state index in [2.05, 4.69) is 6.07 Å². The molecule has 2 N–H and O–H groups in total. The van der Waals surface area contributed by atoms with Crippen LogP contribution in [0.1, 0.15) is 44.1 Å². The molecule has 0 radical (unpaired) electrons. The summed E-state index contributed by atoms with van der Waals surface area (Å²) in [5.41, 5.74) is 7.31. The van der Waals surface area contributed by atoms with E-state index in [1.807, 2.05) is 6.07 Å². The number of hydrogen-bond acceptors (Lipinski definition) is 3. The summed E-state index contributed by atoms with van der Waals surface area (Å²) >= 11 is 6.32. The third-order valence-electron chi connectivity index (χ3n) is 4.32. The molecule has 0 heterocycles. The van der Waals surface area contributed by atoms with Crippen LogP contribution in [-0.2, 0) is 6.42 Å². The lowest BCUT2D eigenvalue weighted by atomic mass is 10.0. The molecule has 0 bridgehead atoms. The highest BCUT2D eigenvalue weighted by Crippen LogP contribution is 2.41. The second-order valence-electron chi connectivity index (χ2n) is 6.17. The third kappa shape index (κ3) is 3.04. The number of ether oxygens (including phenoxy) is 2. The zero-order valence-corrected chi connectivity index (χ0v) is 12.7. The van der Waals surface area contributed by atoms with Gasteiger partial charge in [-0.2, -0.15) is 0 Å². The van der Waals surface area contributed by atoms with Crippen LogP contribution in [0.4, 0.5) is 0 Å². The zero-order valence-electron chi connectivity index (χ0n) is 12.0. The molecule has 2 saturated carbocycles. The molecular weight excluding hydrogens is 274 g/mol. The summed E-state index contributed by atoms with van der Waals surface area (Å²) in [5, 5.41) is 0.613. The second kappa shape index (κ2) is 5.45. The lowest BCUT2D eigenvalue weighted by Crippen LogP contribution is -2.24. The van der Waals surface area contributed by atoms with Crippen molar-refractivity contribution < 1.29 is 9.47 Å². The SMILES string of the molecule is COc1c(Cl)cc(CC2(N)CC2)cc1OC1CCCC1. The Kier molecular flexibility index (Phi) is 3.83. The van der Waals surface area contributed by atoms with Gasteiger partial charge < -0.3 is 15.2 Å². The molecule has 1 aromatic carbocycles. The molecule has 0 spiro atoms. The van der Waals surface area contributed by atoms with Gasteiger partial charge in [0.2, 0.25) is 0 Å². The molecule has 110 valence electrons. The van der Waals surface area contributed by atoms with Crippen molar-refractivity contribution >= 4 is 11.6 Å². The fourth-order valence-electron chi connectivity index (χ4n) is 2.94. The predicted octanol–water partition coefficient (Wildman–Crippen LogP) is 3.70. The van der Waals surface area contributed by atoms with Crippen molar-refractivity contribution in [3.05, 3.63) is 22.7 Å². The van der Waals surface area contributed by atoms with Crippen molar-refractivity contribution in [3.8, 4) is 11.5 Å². The predicted molar refractivity (Wildman–Crippen MR) is 80.7 cm³/mol. The summed E-state index contributed by atoms with van der Waals surface area (Å²) in [5.74, 6) is 1.41. The topological polar surface area (TPSA) is 44.5 Å². The van der Waals surface area contributed by atoms with Crippen molar-refractivity contribution in [2.45, 2.75) is 56.6 Å². The Morgan fingerprint density at radius 3 is 2.60 bits per heavy atom. The Balaban J connectivity index is 1.84. The summed E-state index contributed by atoms with van der Waals surface area (Å²) < 4.78 is 11.5. The van der Waals surface area contributed by atoms with Gasteiger partial charge in [0.15, 0.2) is 11.5 Å². The lowest BCUT2D eigenvalue weighted by molar-refractivity contribution is 0.200. The maximum absolute atomic E-state index is 6.32. The van der Waals surface area contributed by atoms with E-state index in [0.29, 0.717) is 16.9 Å². The molecule has 2 fully saturated rings. The molecule has 0 aliphatic heterocycles. The number of halogens is 1. The number of hydrogen-bond donors (Lipinski definition) is 1. The zero-order chi connectivity index (χ0) is 14.2. The highest BCUT2D eigenvalue weighted by molar-refractivity contribution is 6.32. The van der Waals surface area contributed by atoms with Crippen LogP contribution >= 0.6 is 11.6 Å². The molecule has 2 aliphatic rings. The smallest absolute Gasteiger partial charge is 0.179 e. The van der Waals surface area contributed by atoms with E-state index in [1.54, 1.807) is 7.11 Å². The molecule has 0 atom stereocenters. The van der Waals surface area contributed by atoms with Crippen molar-refractivity contribution in [2.75, 3.05) is 7.11 Å². The first-order chi connectivity index (χ1) is 9.59. The normalized spacial score (nSPS) is 20.9.